The van der Waals surface area contributed by atoms with Crippen LogP contribution in [0.3, 0.4) is 0 Å². The van der Waals surface area contributed by atoms with E-state index in [9.17, 15) is 14.0 Å². The minimum atomic E-state index is -0.350. The number of hydrogen-bond donors (Lipinski definition) is 0. The summed E-state index contributed by atoms with van der Waals surface area (Å²) in [7, 11) is 1.58. The summed E-state index contributed by atoms with van der Waals surface area (Å²) in [5, 5.41) is 0. The van der Waals surface area contributed by atoms with E-state index in [1.807, 2.05) is 0 Å². The second-order valence-electron chi connectivity index (χ2n) is 4.65. The van der Waals surface area contributed by atoms with Crippen LogP contribution in [0.4, 0.5) is 4.39 Å². The Bertz CT molecular complexity index is 715. The number of carbonyl (C=O) groups excluding carboxylic acids is 1. The number of rotatable bonds is 4. The van der Waals surface area contributed by atoms with Gasteiger partial charge < -0.3 is 9.47 Å². The average molecular weight is 353 g/mol. The number of nitrogens with zero attached hydrogens (tertiary/aromatic N) is 2. The summed E-state index contributed by atoms with van der Waals surface area (Å²) in [5.41, 5.74) is 0.181. The lowest BCUT2D eigenvalue weighted by molar-refractivity contribution is -0.131. The third kappa shape index (κ3) is 4.01. The molecule has 6 heteroatoms. The molecule has 0 unspecified atom stereocenters. The van der Waals surface area contributed by atoms with Crippen LogP contribution >= 0.6 is 15.9 Å². The molecule has 0 saturated carbocycles. The van der Waals surface area contributed by atoms with E-state index in [4.69, 9.17) is 0 Å². The minimum absolute atomic E-state index is 0.0801. The highest BCUT2D eigenvalue weighted by molar-refractivity contribution is 9.10. The van der Waals surface area contributed by atoms with Crippen molar-refractivity contribution in [3.05, 3.63) is 68.8 Å². The van der Waals surface area contributed by atoms with Crippen LogP contribution in [0.2, 0.25) is 0 Å². The number of carbonyl (C=O) groups is 1. The monoisotopic (exact) mass is 352 g/mol. The Morgan fingerprint density at radius 2 is 2.00 bits per heavy atom. The van der Waals surface area contributed by atoms with E-state index in [1.54, 1.807) is 37.5 Å². The van der Waals surface area contributed by atoms with Crippen LogP contribution < -0.4 is 5.56 Å². The molecule has 0 aliphatic carbocycles. The van der Waals surface area contributed by atoms with Crippen molar-refractivity contribution >= 4 is 21.8 Å². The van der Waals surface area contributed by atoms with Gasteiger partial charge in [0.1, 0.15) is 12.4 Å². The van der Waals surface area contributed by atoms with Gasteiger partial charge in [0.15, 0.2) is 0 Å². The van der Waals surface area contributed by atoms with E-state index >= 15 is 0 Å². The van der Waals surface area contributed by atoms with Crippen LogP contribution in [0, 0.1) is 5.82 Å². The van der Waals surface area contributed by atoms with E-state index in [2.05, 4.69) is 15.9 Å². The third-order valence-corrected chi connectivity index (χ3v) is 3.51. The van der Waals surface area contributed by atoms with E-state index < -0.39 is 0 Å². The molecule has 2 rings (SSSR count). The lowest BCUT2D eigenvalue weighted by Gasteiger charge is -2.18. The third-order valence-electron chi connectivity index (χ3n) is 3.04. The molecule has 0 bridgehead atoms. The maximum absolute atomic E-state index is 13.6. The zero-order valence-electron chi connectivity index (χ0n) is 11.4. The standard InChI is InChI=1S/C15H14BrFN2O2/c1-18(8-11-4-2-3-5-13(11)17)15(21)10-19-9-12(16)6-7-14(19)20/h2-7,9H,8,10H2,1H3. The molecule has 110 valence electrons. The number of hydrogen-bond acceptors (Lipinski definition) is 2. The molecule has 0 N–H and O–H groups in total. The first-order chi connectivity index (χ1) is 9.97. The number of halogens is 2. The van der Waals surface area contributed by atoms with Crippen molar-refractivity contribution < 1.29 is 9.18 Å². The van der Waals surface area contributed by atoms with Crippen LogP contribution in [0.25, 0.3) is 0 Å². The molecule has 21 heavy (non-hydrogen) atoms. The second-order valence-corrected chi connectivity index (χ2v) is 5.57. The van der Waals surface area contributed by atoms with E-state index in [0.29, 0.717) is 10.0 Å². The van der Waals surface area contributed by atoms with Crippen molar-refractivity contribution in [3.8, 4) is 0 Å². The molecule has 0 radical (unpaired) electrons. The predicted molar refractivity (Wildman–Crippen MR) is 81.3 cm³/mol. The van der Waals surface area contributed by atoms with E-state index in [0.717, 1.165) is 0 Å². The Balaban J connectivity index is 2.08. The second kappa shape index (κ2) is 6.67. The summed E-state index contributed by atoms with van der Waals surface area (Å²) >= 11 is 3.25. The van der Waals surface area contributed by atoms with Crippen molar-refractivity contribution in [1.82, 2.24) is 9.47 Å². The molecule has 0 spiro atoms. The van der Waals surface area contributed by atoms with E-state index in [1.165, 1.54) is 21.6 Å². The highest BCUT2D eigenvalue weighted by Crippen LogP contribution is 2.10. The van der Waals surface area contributed by atoms with Gasteiger partial charge >= 0.3 is 0 Å². The molecule has 1 aromatic carbocycles. The lowest BCUT2D eigenvalue weighted by Crippen LogP contribution is -2.33. The molecule has 1 amide bonds. The molecule has 2 aromatic rings. The summed E-state index contributed by atoms with van der Waals surface area (Å²) in [5.74, 6) is -0.616. The Labute approximate surface area is 129 Å². The molecule has 0 aliphatic heterocycles. The van der Waals surface area contributed by atoms with Gasteiger partial charge in [-0.05, 0) is 28.1 Å². The Kier molecular flexibility index (Phi) is 4.90. The van der Waals surface area contributed by atoms with E-state index in [-0.39, 0.29) is 30.4 Å². The Morgan fingerprint density at radius 1 is 1.29 bits per heavy atom. The number of aromatic nitrogens is 1. The number of benzene rings is 1. The first-order valence-electron chi connectivity index (χ1n) is 6.31. The zero-order valence-corrected chi connectivity index (χ0v) is 13.0. The van der Waals surface area contributed by atoms with Gasteiger partial charge in [-0.2, -0.15) is 0 Å². The van der Waals surface area contributed by atoms with Gasteiger partial charge in [0.25, 0.3) is 5.56 Å². The molecule has 0 aliphatic rings. The van der Waals surface area contributed by atoms with Crippen molar-refractivity contribution in [1.29, 1.82) is 0 Å². The fourth-order valence-corrected chi connectivity index (χ4v) is 2.24. The SMILES string of the molecule is CN(Cc1ccccc1F)C(=O)Cn1cc(Br)ccc1=O. The van der Waals surface area contributed by atoms with Gasteiger partial charge in [-0.15, -0.1) is 0 Å². The zero-order chi connectivity index (χ0) is 15.4. The van der Waals surface area contributed by atoms with Gasteiger partial charge in [0.2, 0.25) is 5.91 Å². The first kappa shape index (κ1) is 15.4. The lowest BCUT2D eigenvalue weighted by atomic mass is 10.2. The van der Waals surface area contributed by atoms with Crippen LogP contribution in [0.15, 0.2) is 51.9 Å². The predicted octanol–water partition coefficient (Wildman–Crippen LogP) is 2.41. The van der Waals surface area contributed by atoms with Gasteiger partial charge in [-0.1, -0.05) is 18.2 Å². The van der Waals surface area contributed by atoms with Crippen molar-refractivity contribution in [3.63, 3.8) is 0 Å². The summed E-state index contributed by atoms with van der Waals surface area (Å²) < 4.78 is 15.6. The van der Waals surface area contributed by atoms with Gasteiger partial charge in [-0.25, -0.2) is 4.39 Å². The van der Waals surface area contributed by atoms with Crippen molar-refractivity contribution in [2.45, 2.75) is 13.1 Å². The molecule has 1 aromatic heterocycles. The van der Waals surface area contributed by atoms with Crippen LogP contribution in [-0.4, -0.2) is 22.4 Å². The molecule has 1 heterocycles. The van der Waals surface area contributed by atoms with Crippen LogP contribution in [-0.2, 0) is 17.9 Å². The largest absolute Gasteiger partial charge is 0.340 e. The Hall–Kier alpha value is -1.95. The summed E-state index contributed by atoms with van der Waals surface area (Å²) in [4.78, 5) is 25.2. The molecule has 0 atom stereocenters. The summed E-state index contributed by atoms with van der Waals surface area (Å²) in [6, 6.07) is 9.30. The summed E-state index contributed by atoms with van der Waals surface area (Å²) in [6.45, 7) is 0.0808. The minimum Gasteiger partial charge on any atom is -0.340 e. The topological polar surface area (TPSA) is 42.3 Å². The van der Waals surface area contributed by atoms with Gasteiger partial charge in [-0.3, -0.25) is 9.59 Å². The van der Waals surface area contributed by atoms with Gasteiger partial charge in [0, 0.05) is 35.9 Å². The van der Waals surface area contributed by atoms with Crippen LogP contribution in [0.1, 0.15) is 5.56 Å². The quantitative estimate of drug-likeness (QED) is 0.847. The molecule has 0 fully saturated rings. The molecule has 4 nitrogen and oxygen atoms in total. The number of likely N-dealkylation sites (N-methyl/N-ethyl adjacent to an activating group) is 1. The smallest absolute Gasteiger partial charge is 0.251 e. The van der Waals surface area contributed by atoms with Gasteiger partial charge in [0.05, 0.1) is 0 Å². The highest BCUT2D eigenvalue weighted by Gasteiger charge is 2.12. The average Bonchev–Trinajstić information content (AvgIpc) is 2.45. The molecule has 0 saturated heterocycles. The first-order valence-corrected chi connectivity index (χ1v) is 7.10. The fraction of sp³-hybridized carbons (Fsp3) is 0.200. The Morgan fingerprint density at radius 3 is 2.71 bits per heavy atom. The summed E-state index contributed by atoms with van der Waals surface area (Å²) in [6.07, 6.45) is 1.55. The normalized spacial score (nSPS) is 10.4. The number of pyridine rings is 1. The van der Waals surface area contributed by atoms with Crippen LogP contribution in [0.5, 0.6) is 0 Å². The highest BCUT2D eigenvalue weighted by atomic mass is 79.9. The maximum atomic E-state index is 13.6. The van der Waals surface area contributed by atoms with Crippen molar-refractivity contribution in [2.24, 2.45) is 0 Å². The maximum Gasteiger partial charge on any atom is 0.251 e. The molecular weight excluding hydrogens is 339 g/mol. The van der Waals surface area contributed by atoms with Crippen molar-refractivity contribution in [2.75, 3.05) is 7.05 Å². The number of amides is 1. The fourth-order valence-electron chi connectivity index (χ4n) is 1.86. The molecular formula is C15H14BrFN2O2.